The van der Waals surface area contributed by atoms with Crippen molar-refractivity contribution in [3.8, 4) is 0 Å². The Labute approximate surface area is 131 Å². The molecule has 0 atom stereocenters. The van der Waals surface area contributed by atoms with E-state index in [9.17, 15) is 12.8 Å². The van der Waals surface area contributed by atoms with E-state index >= 15 is 0 Å². The Hall–Kier alpha value is -0.990. The minimum Gasteiger partial charge on any atom is -0.392 e. The fraction of sp³-hybridized carbons (Fsp3) is 0.231. The molecule has 0 aliphatic heterocycles. The first-order chi connectivity index (χ1) is 9.85. The van der Waals surface area contributed by atoms with Crippen LogP contribution < -0.4 is 4.72 Å². The number of hydrogen-bond donors (Lipinski definition) is 2. The van der Waals surface area contributed by atoms with Gasteiger partial charge < -0.3 is 5.11 Å². The van der Waals surface area contributed by atoms with Gasteiger partial charge in [0.25, 0.3) is 0 Å². The number of aryl methyl sites for hydroxylation is 1. The largest absolute Gasteiger partial charge is 0.392 e. The van der Waals surface area contributed by atoms with Crippen molar-refractivity contribution in [2.45, 2.75) is 25.0 Å². The van der Waals surface area contributed by atoms with Crippen molar-refractivity contribution in [3.05, 3.63) is 50.4 Å². The first-order valence-electron chi connectivity index (χ1n) is 5.96. The van der Waals surface area contributed by atoms with Gasteiger partial charge in [0.1, 0.15) is 10.7 Å². The third kappa shape index (κ3) is 3.61. The molecule has 0 saturated carbocycles. The summed E-state index contributed by atoms with van der Waals surface area (Å²) >= 11 is 7.18. The monoisotopic (exact) mass is 349 g/mol. The first kappa shape index (κ1) is 16.4. The summed E-state index contributed by atoms with van der Waals surface area (Å²) in [6.07, 6.45) is 0. The van der Waals surface area contributed by atoms with Crippen LogP contribution in [-0.2, 0) is 23.2 Å². The maximum atomic E-state index is 14.1. The van der Waals surface area contributed by atoms with Gasteiger partial charge in [0, 0.05) is 22.0 Å². The van der Waals surface area contributed by atoms with Crippen LogP contribution in [0.15, 0.2) is 28.5 Å². The third-order valence-corrected chi connectivity index (χ3v) is 5.57. The van der Waals surface area contributed by atoms with E-state index in [1.54, 1.807) is 0 Å². The predicted molar refractivity (Wildman–Crippen MR) is 80.4 cm³/mol. The van der Waals surface area contributed by atoms with E-state index in [2.05, 4.69) is 4.72 Å². The number of nitrogens with one attached hydrogen (secondary N) is 1. The van der Waals surface area contributed by atoms with Gasteiger partial charge in [-0.3, -0.25) is 0 Å². The van der Waals surface area contributed by atoms with Gasteiger partial charge in [-0.25, -0.2) is 17.5 Å². The van der Waals surface area contributed by atoms with E-state index < -0.39 is 27.3 Å². The quantitative estimate of drug-likeness (QED) is 0.872. The van der Waals surface area contributed by atoms with Gasteiger partial charge in [0.15, 0.2) is 0 Å². The zero-order chi connectivity index (χ0) is 15.6. The zero-order valence-corrected chi connectivity index (χ0v) is 13.4. The molecule has 0 aliphatic rings. The minimum atomic E-state index is -4.05. The summed E-state index contributed by atoms with van der Waals surface area (Å²) in [5.41, 5.74) is 0.806. The molecule has 1 aromatic heterocycles. The maximum absolute atomic E-state index is 14.1. The number of halogens is 2. The molecule has 0 spiro atoms. The summed E-state index contributed by atoms with van der Waals surface area (Å²) in [4.78, 5) is 0.289. The van der Waals surface area contributed by atoms with E-state index in [4.69, 9.17) is 16.7 Å². The zero-order valence-electron chi connectivity index (χ0n) is 11.1. The number of aliphatic hydroxyl groups is 1. The molecule has 2 N–H and O–H groups in total. The molecule has 0 saturated heterocycles. The average Bonchev–Trinajstić information content (AvgIpc) is 2.84. The Bertz CT molecular complexity index is 759. The second-order valence-electron chi connectivity index (χ2n) is 4.39. The van der Waals surface area contributed by atoms with Crippen molar-refractivity contribution >= 4 is 33.0 Å². The SMILES string of the molecule is Cc1ccsc1CNS(=O)(=O)c1cc(Cl)cc(CO)c1F. The van der Waals surface area contributed by atoms with Gasteiger partial charge in [-0.2, -0.15) is 0 Å². The Morgan fingerprint density at radius 1 is 1.43 bits per heavy atom. The van der Waals surface area contributed by atoms with Crippen molar-refractivity contribution in [2.75, 3.05) is 0 Å². The number of sulfonamides is 1. The maximum Gasteiger partial charge on any atom is 0.243 e. The van der Waals surface area contributed by atoms with E-state index in [0.717, 1.165) is 16.5 Å². The van der Waals surface area contributed by atoms with Gasteiger partial charge in [-0.05, 0) is 36.1 Å². The Balaban J connectivity index is 2.32. The average molecular weight is 350 g/mol. The molecule has 21 heavy (non-hydrogen) atoms. The number of rotatable bonds is 5. The highest BCUT2D eigenvalue weighted by atomic mass is 35.5. The fourth-order valence-corrected chi connectivity index (χ4v) is 4.13. The lowest BCUT2D eigenvalue weighted by Crippen LogP contribution is -2.24. The summed E-state index contributed by atoms with van der Waals surface area (Å²) in [6, 6.07) is 4.09. The van der Waals surface area contributed by atoms with Gasteiger partial charge in [-0.15, -0.1) is 11.3 Å². The van der Waals surface area contributed by atoms with Gasteiger partial charge in [0.05, 0.1) is 6.61 Å². The number of thiophene rings is 1. The van der Waals surface area contributed by atoms with Crippen LogP contribution in [-0.4, -0.2) is 13.5 Å². The lowest BCUT2D eigenvalue weighted by atomic mass is 10.2. The van der Waals surface area contributed by atoms with Gasteiger partial charge in [-0.1, -0.05) is 11.6 Å². The highest BCUT2D eigenvalue weighted by Crippen LogP contribution is 2.24. The summed E-state index contributed by atoms with van der Waals surface area (Å²) in [7, 11) is -4.05. The number of hydrogen-bond acceptors (Lipinski definition) is 4. The smallest absolute Gasteiger partial charge is 0.243 e. The van der Waals surface area contributed by atoms with Crippen LogP contribution in [0.4, 0.5) is 4.39 Å². The molecular weight excluding hydrogens is 337 g/mol. The van der Waals surface area contributed by atoms with E-state index in [1.807, 2.05) is 18.4 Å². The standard InChI is InChI=1S/C13H13ClFNO3S2/c1-8-2-3-20-11(8)6-16-21(18,19)12-5-10(14)4-9(7-17)13(12)15/h2-5,16-17H,6-7H2,1H3. The molecule has 2 aromatic rings. The van der Waals surface area contributed by atoms with E-state index in [1.165, 1.54) is 17.4 Å². The van der Waals surface area contributed by atoms with Crippen molar-refractivity contribution < 1.29 is 17.9 Å². The van der Waals surface area contributed by atoms with Crippen molar-refractivity contribution in [1.29, 1.82) is 0 Å². The molecule has 1 aromatic carbocycles. The van der Waals surface area contributed by atoms with E-state index in [-0.39, 0.29) is 17.1 Å². The van der Waals surface area contributed by atoms with Crippen LogP contribution in [0.2, 0.25) is 5.02 Å². The molecule has 0 amide bonds. The van der Waals surface area contributed by atoms with Crippen LogP contribution in [0.25, 0.3) is 0 Å². The second-order valence-corrected chi connectivity index (χ2v) is 7.56. The van der Waals surface area contributed by atoms with Crippen LogP contribution in [0.5, 0.6) is 0 Å². The summed E-state index contributed by atoms with van der Waals surface area (Å²) < 4.78 is 40.8. The molecule has 1 heterocycles. The Kier molecular flexibility index (Phi) is 5.00. The molecule has 4 nitrogen and oxygen atoms in total. The summed E-state index contributed by atoms with van der Waals surface area (Å²) in [5, 5.41) is 10.9. The Morgan fingerprint density at radius 2 is 2.14 bits per heavy atom. The lowest BCUT2D eigenvalue weighted by Gasteiger charge is -2.10. The molecule has 114 valence electrons. The van der Waals surface area contributed by atoms with Gasteiger partial charge in [0.2, 0.25) is 10.0 Å². The minimum absolute atomic E-state index is 0.0492. The van der Waals surface area contributed by atoms with Crippen LogP contribution in [0.1, 0.15) is 16.0 Å². The number of aliphatic hydroxyl groups excluding tert-OH is 1. The molecule has 0 radical (unpaired) electrons. The van der Waals surface area contributed by atoms with Crippen LogP contribution >= 0.6 is 22.9 Å². The molecule has 0 fully saturated rings. The highest BCUT2D eigenvalue weighted by Gasteiger charge is 2.22. The normalized spacial score (nSPS) is 11.8. The molecule has 0 bridgehead atoms. The fourth-order valence-electron chi connectivity index (χ4n) is 1.75. The molecular formula is C13H13ClFNO3S2. The van der Waals surface area contributed by atoms with Crippen LogP contribution in [0, 0.1) is 12.7 Å². The third-order valence-electron chi connectivity index (χ3n) is 2.93. The van der Waals surface area contributed by atoms with Crippen molar-refractivity contribution in [2.24, 2.45) is 0 Å². The van der Waals surface area contributed by atoms with Crippen molar-refractivity contribution in [3.63, 3.8) is 0 Å². The predicted octanol–water partition coefficient (Wildman–Crippen LogP) is 2.82. The molecule has 8 heteroatoms. The van der Waals surface area contributed by atoms with Crippen molar-refractivity contribution in [1.82, 2.24) is 4.72 Å². The summed E-state index contributed by atoms with van der Waals surface area (Å²) in [5.74, 6) is -0.989. The lowest BCUT2D eigenvalue weighted by molar-refractivity contribution is 0.274. The first-order valence-corrected chi connectivity index (χ1v) is 8.70. The number of benzene rings is 1. The molecule has 0 aliphatic carbocycles. The molecule has 2 rings (SSSR count). The van der Waals surface area contributed by atoms with Crippen LogP contribution in [0.3, 0.4) is 0 Å². The second kappa shape index (κ2) is 6.41. The Morgan fingerprint density at radius 3 is 2.71 bits per heavy atom. The highest BCUT2D eigenvalue weighted by molar-refractivity contribution is 7.89. The van der Waals surface area contributed by atoms with Gasteiger partial charge >= 0.3 is 0 Å². The molecule has 0 unspecified atom stereocenters. The summed E-state index contributed by atoms with van der Waals surface area (Å²) in [6.45, 7) is 1.31. The van der Waals surface area contributed by atoms with E-state index in [0.29, 0.717) is 0 Å². The topological polar surface area (TPSA) is 66.4 Å².